The van der Waals surface area contributed by atoms with E-state index in [1.54, 1.807) is 10.6 Å². The summed E-state index contributed by atoms with van der Waals surface area (Å²) in [6, 6.07) is 7.73. The summed E-state index contributed by atoms with van der Waals surface area (Å²) < 4.78 is 7.84. The molecule has 1 aromatic heterocycles. The molecule has 2 aromatic rings. The van der Waals surface area contributed by atoms with Gasteiger partial charge in [0.15, 0.2) is 9.78 Å². The molecule has 0 amide bonds. The van der Waals surface area contributed by atoms with E-state index in [2.05, 4.69) is 14.9 Å². The Kier molecular flexibility index (Phi) is 5.26. The Morgan fingerprint density at radius 3 is 2.54 bits per heavy atom. The summed E-state index contributed by atoms with van der Waals surface area (Å²) >= 11 is 6.83. The number of morpholine rings is 1. The number of nitrogens with zero attached hydrogens (tertiary/aromatic N) is 4. The first-order chi connectivity index (χ1) is 12.7. The van der Waals surface area contributed by atoms with Gasteiger partial charge in [0.2, 0.25) is 5.88 Å². The van der Waals surface area contributed by atoms with Crippen molar-refractivity contribution in [3.05, 3.63) is 49.6 Å². The molecule has 0 saturated carbocycles. The Balaban J connectivity index is 1.47. The molecule has 2 aliphatic rings. The number of aromatic hydroxyl groups is 1. The zero-order valence-corrected chi connectivity index (χ0v) is 15.9. The molecular weight excluding hydrogens is 368 g/mol. The van der Waals surface area contributed by atoms with Crippen LogP contribution in [-0.2, 0) is 11.3 Å². The normalized spacial score (nSPS) is 16.8. The monoisotopic (exact) mass is 388 g/mol. The fraction of sp³-hybridized carbons (Fsp3) is 0.389. The lowest BCUT2D eigenvalue weighted by molar-refractivity contribution is 0.0368. The van der Waals surface area contributed by atoms with Crippen molar-refractivity contribution in [1.82, 2.24) is 9.47 Å². The summed E-state index contributed by atoms with van der Waals surface area (Å²) in [5.74, 6) is 0.800. The molecule has 1 N–H and O–H groups in total. The molecule has 0 radical (unpaired) electrons. The predicted octanol–water partition coefficient (Wildman–Crippen LogP) is 1.96. The summed E-state index contributed by atoms with van der Waals surface area (Å²) in [6.07, 6.45) is 2.74. The van der Waals surface area contributed by atoms with Gasteiger partial charge in [-0.15, -0.1) is 11.3 Å². The van der Waals surface area contributed by atoms with E-state index in [4.69, 9.17) is 17.0 Å². The smallest absolute Gasteiger partial charge is 0.210 e. The van der Waals surface area contributed by atoms with Gasteiger partial charge in [-0.25, -0.2) is 9.98 Å². The van der Waals surface area contributed by atoms with E-state index in [1.165, 1.54) is 11.3 Å². The van der Waals surface area contributed by atoms with Gasteiger partial charge in [-0.2, -0.15) is 0 Å². The molecule has 1 saturated heterocycles. The number of benzene rings is 1. The molecule has 0 spiro atoms. The van der Waals surface area contributed by atoms with E-state index >= 15 is 0 Å². The minimum atomic E-state index is 0.204. The van der Waals surface area contributed by atoms with Crippen molar-refractivity contribution in [2.24, 2.45) is 9.98 Å². The van der Waals surface area contributed by atoms with Crippen molar-refractivity contribution in [2.45, 2.75) is 13.0 Å². The number of hydrogen-bond acceptors (Lipinski definition) is 7. The van der Waals surface area contributed by atoms with Crippen LogP contribution in [0.2, 0.25) is 0 Å². The highest BCUT2D eigenvalue weighted by Gasteiger charge is 2.14. The van der Waals surface area contributed by atoms with Gasteiger partial charge in [0.1, 0.15) is 0 Å². The maximum Gasteiger partial charge on any atom is 0.210 e. The largest absolute Gasteiger partial charge is 0.493 e. The van der Waals surface area contributed by atoms with Crippen LogP contribution in [0.5, 0.6) is 5.88 Å². The Morgan fingerprint density at radius 1 is 1.15 bits per heavy atom. The van der Waals surface area contributed by atoms with Crippen LogP contribution in [0.25, 0.3) is 6.08 Å². The molecule has 4 rings (SSSR count). The zero-order valence-electron chi connectivity index (χ0n) is 14.3. The second-order valence-corrected chi connectivity index (χ2v) is 7.91. The Labute approximate surface area is 160 Å². The maximum atomic E-state index is 10.6. The summed E-state index contributed by atoms with van der Waals surface area (Å²) in [5, 5.41) is 12.3. The third-order valence-electron chi connectivity index (χ3n) is 4.47. The van der Waals surface area contributed by atoms with Crippen LogP contribution in [0.15, 0.2) is 40.1 Å². The first-order valence-electron chi connectivity index (χ1n) is 8.67. The maximum absolute atomic E-state index is 10.6. The Morgan fingerprint density at radius 2 is 1.85 bits per heavy atom. The molecule has 0 bridgehead atoms. The SMILES string of the molecule is Oc1c(C=C2N=c3ccccc3=N2)sc(=S)n1CCCN1CCOCC1. The third kappa shape index (κ3) is 3.78. The summed E-state index contributed by atoms with van der Waals surface area (Å²) in [5.41, 5.74) is 0. The van der Waals surface area contributed by atoms with E-state index < -0.39 is 0 Å². The standard InChI is InChI=1S/C18H20N4O2S2/c23-17-15(12-16-19-13-4-1-2-5-14(13)20-16)26-18(25)22(17)7-3-6-21-8-10-24-11-9-21/h1-2,4-5,12,23H,3,6-11H2. The van der Waals surface area contributed by atoms with Crippen molar-refractivity contribution in [3.63, 3.8) is 0 Å². The van der Waals surface area contributed by atoms with Crippen molar-refractivity contribution in [1.29, 1.82) is 0 Å². The van der Waals surface area contributed by atoms with Crippen molar-refractivity contribution in [3.8, 4) is 5.88 Å². The number of hydrogen-bond donors (Lipinski definition) is 1. The van der Waals surface area contributed by atoms with Gasteiger partial charge in [0, 0.05) is 32.3 Å². The summed E-state index contributed by atoms with van der Waals surface area (Å²) in [4.78, 5) is 12.0. The molecule has 2 aliphatic heterocycles. The molecule has 1 aromatic carbocycles. The molecule has 8 heteroatoms. The molecule has 6 nitrogen and oxygen atoms in total. The average molecular weight is 389 g/mol. The number of rotatable bonds is 5. The van der Waals surface area contributed by atoms with Gasteiger partial charge in [0.25, 0.3) is 0 Å². The van der Waals surface area contributed by atoms with Gasteiger partial charge in [0.05, 0.1) is 28.8 Å². The molecule has 1 fully saturated rings. The fourth-order valence-electron chi connectivity index (χ4n) is 3.09. The summed E-state index contributed by atoms with van der Waals surface area (Å²) in [6.45, 7) is 5.24. The second-order valence-electron chi connectivity index (χ2n) is 6.23. The predicted molar refractivity (Wildman–Crippen MR) is 103 cm³/mol. The third-order valence-corrected chi connectivity index (χ3v) is 5.85. The number of thiazole rings is 1. The summed E-state index contributed by atoms with van der Waals surface area (Å²) in [7, 11) is 0. The van der Waals surface area contributed by atoms with Crippen LogP contribution in [-0.4, -0.2) is 47.4 Å². The first kappa shape index (κ1) is 17.5. The van der Waals surface area contributed by atoms with E-state index in [0.717, 1.165) is 50.0 Å². The lowest BCUT2D eigenvalue weighted by atomic mass is 10.3. The first-order valence-corrected chi connectivity index (χ1v) is 9.90. The minimum absolute atomic E-state index is 0.204. The highest BCUT2D eigenvalue weighted by Crippen LogP contribution is 2.29. The van der Waals surface area contributed by atoms with Crippen molar-refractivity contribution >= 4 is 29.6 Å². The van der Waals surface area contributed by atoms with Crippen LogP contribution in [0.1, 0.15) is 11.3 Å². The van der Waals surface area contributed by atoms with E-state index in [9.17, 15) is 5.11 Å². The molecule has 0 aliphatic carbocycles. The molecule has 0 unspecified atom stereocenters. The van der Waals surface area contributed by atoms with Crippen LogP contribution in [0, 0.1) is 3.95 Å². The molecule has 136 valence electrons. The fourth-order valence-corrected chi connectivity index (χ4v) is 4.38. The van der Waals surface area contributed by atoms with Gasteiger partial charge in [-0.3, -0.25) is 9.47 Å². The Bertz CT molecular complexity index is 966. The zero-order chi connectivity index (χ0) is 17.9. The average Bonchev–Trinajstić information content (AvgIpc) is 3.18. The van der Waals surface area contributed by atoms with Gasteiger partial charge >= 0.3 is 0 Å². The molecular formula is C18H20N4O2S2. The van der Waals surface area contributed by atoms with Gasteiger partial charge < -0.3 is 9.84 Å². The van der Waals surface area contributed by atoms with E-state index in [1.807, 2.05) is 24.3 Å². The second kappa shape index (κ2) is 7.79. The van der Waals surface area contributed by atoms with Crippen molar-refractivity contribution in [2.75, 3.05) is 32.8 Å². The van der Waals surface area contributed by atoms with Gasteiger partial charge in [-0.05, 0) is 30.8 Å². The van der Waals surface area contributed by atoms with Crippen LogP contribution in [0.4, 0.5) is 0 Å². The number of fused-ring (bicyclic) bond motifs is 1. The Hall–Kier alpha value is -1.87. The van der Waals surface area contributed by atoms with Crippen LogP contribution in [0.3, 0.4) is 0 Å². The number of para-hydroxylation sites is 2. The van der Waals surface area contributed by atoms with Crippen LogP contribution >= 0.6 is 23.6 Å². The highest BCUT2D eigenvalue weighted by atomic mass is 32.1. The molecule has 0 atom stereocenters. The van der Waals surface area contributed by atoms with Crippen molar-refractivity contribution < 1.29 is 9.84 Å². The van der Waals surface area contributed by atoms with Crippen LogP contribution < -0.4 is 10.7 Å². The van der Waals surface area contributed by atoms with E-state index in [0.29, 0.717) is 21.2 Å². The number of aromatic nitrogens is 1. The highest BCUT2D eigenvalue weighted by molar-refractivity contribution is 7.73. The van der Waals surface area contributed by atoms with Gasteiger partial charge in [-0.1, -0.05) is 12.1 Å². The molecule has 3 heterocycles. The number of ether oxygens (including phenoxy) is 1. The molecule has 26 heavy (non-hydrogen) atoms. The lowest BCUT2D eigenvalue weighted by Gasteiger charge is -2.26. The van der Waals surface area contributed by atoms with E-state index in [-0.39, 0.29) is 5.88 Å². The quantitative estimate of drug-likeness (QED) is 0.796. The lowest BCUT2D eigenvalue weighted by Crippen LogP contribution is -2.37. The minimum Gasteiger partial charge on any atom is -0.493 e. The topological polar surface area (TPSA) is 62.4 Å².